The fourth-order valence-corrected chi connectivity index (χ4v) is 19.5. The van der Waals surface area contributed by atoms with E-state index in [0.717, 1.165) is 107 Å². The predicted molar refractivity (Wildman–Crippen MR) is 619 cm³/mol. The third-order valence-electron chi connectivity index (χ3n) is 33.6. The van der Waals surface area contributed by atoms with Crippen LogP contribution in [0.2, 0.25) is 0 Å². The highest BCUT2D eigenvalue weighted by Gasteiger charge is 2.63. The van der Waals surface area contributed by atoms with Crippen molar-refractivity contribution >= 4 is 34.6 Å². The van der Waals surface area contributed by atoms with Crippen LogP contribution in [0.15, 0.2) is 212 Å². The van der Waals surface area contributed by atoms with Crippen molar-refractivity contribution in [1.29, 1.82) is 0 Å². The fourth-order valence-electron chi connectivity index (χ4n) is 19.5. The average Bonchev–Trinajstić information content (AvgIpc) is 1.57. The summed E-state index contributed by atoms with van der Waals surface area (Å²) in [6, 6.07) is 69.8. The van der Waals surface area contributed by atoms with Crippen LogP contribution in [0.1, 0.15) is 472 Å². The smallest absolute Gasteiger partial charge is 0.312 e. The van der Waals surface area contributed by atoms with E-state index in [1.54, 1.807) is 48.5 Å². The van der Waals surface area contributed by atoms with Crippen molar-refractivity contribution in [3.63, 3.8) is 0 Å². The first kappa shape index (κ1) is 128. The standard InChI is InChI=1S/C20H32O2.C17H32O2.C15H24O.C14H20O4.C14H20O2.C14H14.4C10H14O/c1-4-16(2)19-10-12-20(13-11-19)22-17(3)21-15-14-18-8-6-5-7-9-18;1-6-16(4,5)15(18)19-17(7-2,8-3)14-12-10-9-11-13-14;1-6-12(3)13-8-10-14(11-9-13)16-15(4,5)7-2;1-4-14(2,3)13(16)18-10-7-5-8-9(6-7)12(15)17-11(8)10;1-5-14(3,4)13(15)16-11(2)12-9-7-6-8-10-12;1-9-10(2)13-8-4-6-11-5-3-7-12(9)14(11)13;4*1-3-8(2)9-4-6-10(11)7-5-9/h10-13,16-18H,4-9,14-15H2,1-3H3;14H,6-13H2,1-5H3;8-12H,6-7H2,1-5H3;7-11H,4-6H2,1-3H3;6-11H,5H2,1-4H3;3-10H,1-2H3;4*4-8,11H,3H2,1-2H3. The lowest BCUT2D eigenvalue weighted by atomic mass is 9.73. The molecule has 0 aromatic heterocycles. The van der Waals surface area contributed by atoms with Crippen molar-refractivity contribution < 1.29 is 72.8 Å². The molecule has 5 aliphatic carbocycles. The molecule has 1 saturated heterocycles. The van der Waals surface area contributed by atoms with Crippen molar-refractivity contribution in [1.82, 2.24) is 0 Å². The first-order valence-electron chi connectivity index (χ1n) is 57.5. The van der Waals surface area contributed by atoms with Gasteiger partial charge < -0.3 is 53.6 Å². The zero-order valence-electron chi connectivity index (χ0n) is 97.7. The van der Waals surface area contributed by atoms with Crippen molar-refractivity contribution in [2.24, 2.45) is 45.8 Å². The van der Waals surface area contributed by atoms with E-state index >= 15 is 0 Å². The van der Waals surface area contributed by atoms with Gasteiger partial charge in [0.05, 0.1) is 28.8 Å². The summed E-state index contributed by atoms with van der Waals surface area (Å²) in [5.41, 5.74) is 10.5. The highest BCUT2D eigenvalue weighted by molar-refractivity contribution is 5.92. The van der Waals surface area contributed by atoms with E-state index in [4.69, 9.17) is 53.6 Å². The Morgan fingerprint density at radius 2 is 0.752 bits per heavy atom. The van der Waals surface area contributed by atoms with Crippen LogP contribution in [-0.4, -0.2) is 80.6 Å². The average molecular weight is 2050 g/mol. The minimum Gasteiger partial charge on any atom is -0.508 e. The summed E-state index contributed by atoms with van der Waals surface area (Å²) in [5, 5.41) is 39.0. The molecule has 4 saturated carbocycles. The van der Waals surface area contributed by atoms with Gasteiger partial charge in [0, 0.05) is 11.8 Å². The predicted octanol–water partition coefficient (Wildman–Crippen LogP) is 37.1. The molecule has 15 unspecified atom stereocenters. The Bertz CT molecular complexity index is 5010. The van der Waals surface area contributed by atoms with Crippen LogP contribution in [0.3, 0.4) is 0 Å². The number of aromatic hydroxyl groups is 4. The van der Waals surface area contributed by atoms with E-state index in [2.05, 4.69) is 223 Å². The van der Waals surface area contributed by atoms with Gasteiger partial charge in [-0.2, -0.15) is 0 Å². The van der Waals surface area contributed by atoms with Gasteiger partial charge in [-0.05, 0) is 371 Å². The molecule has 0 amide bonds. The minimum atomic E-state index is -0.455. The quantitative estimate of drug-likeness (QED) is 0.0168. The lowest BCUT2D eigenvalue weighted by Gasteiger charge is -2.42. The topological polar surface area (TPSA) is 214 Å². The van der Waals surface area contributed by atoms with Crippen molar-refractivity contribution in [2.45, 2.75) is 451 Å². The minimum absolute atomic E-state index is 0.00993. The Balaban J connectivity index is 0.000000255. The van der Waals surface area contributed by atoms with Crippen LogP contribution >= 0.6 is 0 Å². The highest BCUT2D eigenvalue weighted by atomic mass is 16.7. The molecule has 824 valence electrons. The Kier molecular flexibility index (Phi) is 54.3. The molecule has 0 spiro atoms. The second kappa shape index (κ2) is 63.4. The second-order valence-electron chi connectivity index (χ2n) is 45.7. The molecular weight excluding hydrogens is 1850 g/mol. The molecule has 15 rings (SSSR count). The Morgan fingerprint density at radius 3 is 1.12 bits per heavy atom. The van der Waals surface area contributed by atoms with Crippen molar-refractivity contribution in [2.75, 3.05) is 6.61 Å². The molecule has 9 aromatic carbocycles. The number of benzene rings is 9. The number of phenols is 4. The zero-order valence-corrected chi connectivity index (χ0v) is 97.7. The molecule has 5 fully saturated rings. The summed E-state index contributed by atoms with van der Waals surface area (Å²) in [6.07, 6.45) is 27.8. The Labute approximate surface area is 902 Å². The number of rotatable bonds is 34. The van der Waals surface area contributed by atoms with Gasteiger partial charge in [0.25, 0.3) is 0 Å². The molecule has 1 heterocycles. The van der Waals surface area contributed by atoms with Crippen molar-refractivity contribution in [3.8, 4) is 34.5 Å². The summed E-state index contributed by atoms with van der Waals surface area (Å²) >= 11 is 0. The Hall–Kier alpha value is -10.1. The lowest BCUT2D eigenvalue weighted by molar-refractivity contribution is -0.180. The van der Waals surface area contributed by atoms with E-state index in [-0.39, 0.29) is 71.0 Å². The number of fused-ring (bicyclic) bond motifs is 1. The van der Waals surface area contributed by atoms with Crippen LogP contribution in [0.5, 0.6) is 34.5 Å². The molecule has 15 atom stereocenters. The third-order valence-corrected chi connectivity index (χ3v) is 33.6. The molecule has 4 N–H and O–H groups in total. The maximum absolute atomic E-state index is 12.4. The van der Waals surface area contributed by atoms with Gasteiger partial charge in [-0.15, -0.1) is 0 Å². The van der Waals surface area contributed by atoms with E-state index in [9.17, 15) is 19.2 Å². The van der Waals surface area contributed by atoms with E-state index in [1.165, 1.54) is 139 Å². The number of hydrogen-bond acceptors (Lipinski definition) is 15. The van der Waals surface area contributed by atoms with E-state index in [0.29, 0.717) is 88.1 Å². The van der Waals surface area contributed by atoms with Crippen LogP contribution in [-0.2, 0) is 42.9 Å². The maximum Gasteiger partial charge on any atom is 0.312 e. The van der Waals surface area contributed by atoms with Gasteiger partial charge in [0.1, 0.15) is 64.0 Å². The summed E-state index contributed by atoms with van der Waals surface area (Å²) in [6.45, 7) is 64.1. The summed E-state index contributed by atoms with van der Waals surface area (Å²) < 4.78 is 40.2. The number of esters is 4. The molecule has 2 bridgehead atoms. The molecular formula is C134H198O15. The lowest BCUT2D eigenvalue weighted by Crippen LogP contribution is -2.45. The fraction of sp³-hybridized carbons (Fsp3) is 0.582. The molecule has 15 heteroatoms. The summed E-state index contributed by atoms with van der Waals surface area (Å²) in [5.74, 6) is 9.96. The van der Waals surface area contributed by atoms with Crippen LogP contribution in [0.25, 0.3) is 10.8 Å². The number of hydrogen-bond donors (Lipinski definition) is 4. The number of carbonyl (C=O) groups is 4. The number of phenolic OH excluding ortho intramolecular Hbond substituents is 4. The summed E-state index contributed by atoms with van der Waals surface area (Å²) in [4.78, 5) is 48.0. The van der Waals surface area contributed by atoms with Gasteiger partial charge in [-0.1, -0.05) is 329 Å². The van der Waals surface area contributed by atoms with Crippen LogP contribution < -0.4 is 9.47 Å². The first-order valence-corrected chi connectivity index (χ1v) is 57.5. The van der Waals surface area contributed by atoms with Gasteiger partial charge in [0.2, 0.25) is 0 Å². The molecule has 15 nitrogen and oxygen atoms in total. The van der Waals surface area contributed by atoms with E-state index in [1.807, 2.05) is 148 Å². The molecule has 149 heavy (non-hydrogen) atoms. The molecule has 9 aromatic rings. The first-order chi connectivity index (χ1) is 70.7. The van der Waals surface area contributed by atoms with Gasteiger partial charge >= 0.3 is 23.9 Å². The van der Waals surface area contributed by atoms with Gasteiger partial charge in [-0.3, -0.25) is 19.2 Å². The second-order valence-corrected chi connectivity index (χ2v) is 45.7. The zero-order chi connectivity index (χ0) is 111. The summed E-state index contributed by atoms with van der Waals surface area (Å²) in [7, 11) is 0. The SMILES string of the molecule is CC1c2cccc3cccc(c23)C1C.CCC(C)(C)C(=O)OC(C)c1ccccc1.CCC(C)(C)C(=O)OC(CC)(CC)C1CCCCC1.CCC(C)(C)C(=O)OC1C2CC3C(=O)OC1C3C2.CCC(C)c1ccc(O)cc1.CCC(C)c1ccc(O)cc1.CCC(C)c1ccc(O)cc1.CCC(C)c1ccc(O)cc1.CCC(C)c1ccc(OC(C)(C)CC)cc1.CCC(C)c1ccc(OC(C)OCCC2CCCCC2)cc1. The van der Waals surface area contributed by atoms with Crippen LogP contribution in [0.4, 0.5) is 0 Å². The largest absolute Gasteiger partial charge is 0.508 e. The maximum atomic E-state index is 12.4. The molecule has 1 aliphatic heterocycles. The van der Waals surface area contributed by atoms with Crippen LogP contribution in [0, 0.1) is 45.8 Å². The molecule has 0 radical (unpaired) electrons. The van der Waals surface area contributed by atoms with E-state index < -0.39 is 10.8 Å². The highest BCUT2D eigenvalue weighted by Crippen LogP contribution is 2.56. The Morgan fingerprint density at radius 1 is 0.389 bits per heavy atom. The third kappa shape index (κ3) is 40.1. The molecule has 6 aliphatic rings. The number of ether oxygens (including phenoxy) is 7. The monoisotopic (exact) mass is 2050 g/mol. The normalized spacial score (nSPS) is 19.1. The number of carbonyl (C=O) groups excluding carboxylic acids is 4. The van der Waals surface area contributed by atoms with Crippen molar-refractivity contribution in [3.05, 3.63) is 262 Å². The van der Waals surface area contributed by atoms with Gasteiger partial charge in [0.15, 0.2) is 6.29 Å². The van der Waals surface area contributed by atoms with Gasteiger partial charge in [-0.25, -0.2) is 0 Å².